The third-order valence-electron chi connectivity index (χ3n) is 4.50. The Bertz CT molecular complexity index is 979. The Morgan fingerprint density at radius 3 is 2.28 bits per heavy atom. The number of hydrogen-bond acceptors (Lipinski definition) is 3. The number of benzene rings is 2. The second kappa shape index (κ2) is 11.8. The zero-order valence-corrected chi connectivity index (χ0v) is 22.2. The van der Waals surface area contributed by atoms with Gasteiger partial charge in [-0.2, -0.15) is 0 Å². The van der Waals surface area contributed by atoms with E-state index in [-0.39, 0.29) is 24.1 Å². The minimum atomic E-state index is -0.670. The van der Waals surface area contributed by atoms with E-state index in [4.69, 9.17) is 46.4 Å². The first-order chi connectivity index (χ1) is 14.9. The first-order valence-corrected chi connectivity index (χ1v) is 12.6. The Labute approximate surface area is 213 Å². The maximum Gasteiger partial charge on any atom is 0.242 e. The van der Waals surface area contributed by atoms with Crippen LogP contribution in [0.25, 0.3) is 0 Å². The van der Waals surface area contributed by atoms with Crippen molar-refractivity contribution in [2.24, 2.45) is 0 Å². The summed E-state index contributed by atoms with van der Waals surface area (Å²) >= 11 is 25.8. The highest BCUT2D eigenvalue weighted by Crippen LogP contribution is 2.26. The van der Waals surface area contributed by atoms with Crippen molar-refractivity contribution in [2.45, 2.75) is 51.6 Å². The number of hydrogen-bond donors (Lipinski definition) is 1. The number of carbonyl (C=O) groups is 2. The largest absolute Gasteiger partial charge is 0.350 e. The van der Waals surface area contributed by atoms with Crippen molar-refractivity contribution in [3.8, 4) is 0 Å². The molecular weight excluding hydrogens is 510 g/mol. The predicted octanol–water partition coefficient (Wildman–Crippen LogP) is 6.87. The van der Waals surface area contributed by atoms with E-state index in [9.17, 15) is 9.59 Å². The second-order valence-corrected chi connectivity index (χ2v) is 11.1. The maximum atomic E-state index is 13.2. The van der Waals surface area contributed by atoms with E-state index in [1.165, 1.54) is 11.8 Å². The quantitative estimate of drug-likeness (QED) is 0.401. The summed E-state index contributed by atoms with van der Waals surface area (Å²) in [6, 6.07) is 9.80. The lowest BCUT2D eigenvalue weighted by Crippen LogP contribution is -2.52. The molecule has 0 unspecified atom stereocenters. The molecule has 0 bridgehead atoms. The molecule has 174 valence electrons. The highest BCUT2D eigenvalue weighted by molar-refractivity contribution is 7.99. The van der Waals surface area contributed by atoms with E-state index in [0.29, 0.717) is 25.8 Å². The van der Waals surface area contributed by atoms with Crippen molar-refractivity contribution in [1.29, 1.82) is 0 Å². The molecule has 0 heterocycles. The molecule has 0 aromatic heterocycles. The molecule has 2 rings (SSSR count). The van der Waals surface area contributed by atoms with Crippen LogP contribution in [0.15, 0.2) is 36.4 Å². The molecule has 2 amide bonds. The Hall–Kier alpha value is -1.11. The minimum Gasteiger partial charge on any atom is -0.350 e. The molecule has 32 heavy (non-hydrogen) atoms. The summed E-state index contributed by atoms with van der Waals surface area (Å²) < 4.78 is 0. The van der Waals surface area contributed by atoms with Crippen molar-refractivity contribution in [3.05, 3.63) is 67.6 Å². The van der Waals surface area contributed by atoms with Gasteiger partial charge in [-0.25, -0.2) is 0 Å². The fourth-order valence-electron chi connectivity index (χ4n) is 2.86. The summed E-state index contributed by atoms with van der Waals surface area (Å²) in [6.07, 6.45) is 0. The molecule has 0 saturated heterocycles. The van der Waals surface area contributed by atoms with Crippen molar-refractivity contribution >= 4 is 70.0 Å². The third-order valence-corrected chi connectivity index (χ3v) is 6.79. The van der Waals surface area contributed by atoms with Crippen LogP contribution in [0.4, 0.5) is 0 Å². The van der Waals surface area contributed by atoms with Gasteiger partial charge in [0, 0.05) is 27.9 Å². The van der Waals surface area contributed by atoms with Gasteiger partial charge in [0.15, 0.2) is 0 Å². The molecule has 0 aliphatic carbocycles. The van der Waals surface area contributed by atoms with Gasteiger partial charge >= 0.3 is 0 Å². The topological polar surface area (TPSA) is 49.4 Å². The van der Waals surface area contributed by atoms with Gasteiger partial charge in [-0.05, 0) is 63.1 Å². The lowest BCUT2D eigenvalue weighted by Gasteiger charge is -2.31. The van der Waals surface area contributed by atoms with Crippen molar-refractivity contribution in [2.75, 3.05) is 5.75 Å². The molecule has 1 N–H and O–H groups in total. The van der Waals surface area contributed by atoms with Crippen LogP contribution in [0.1, 0.15) is 38.8 Å². The lowest BCUT2D eigenvalue weighted by atomic mass is 10.1. The van der Waals surface area contributed by atoms with Gasteiger partial charge in [-0.15, -0.1) is 11.8 Å². The summed E-state index contributed by atoms with van der Waals surface area (Å²) in [7, 11) is 0. The molecule has 0 radical (unpaired) electrons. The highest BCUT2D eigenvalue weighted by Gasteiger charge is 2.28. The zero-order valence-electron chi connectivity index (χ0n) is 18.3. The lowest BCUT2D eigenvalue weighted by molar-refractivity contribution is -0.139. The van der Waals surface area contributed by atoms with Gasteiger partial charge in [0.1, 0.15) is 6.04 Å². The van der Waals surface area contributed by atoms with Gasteiger partial charge in [0.2, 0.25) is 11.8 Å². The van der Waals surface area contributed by atoms with Gasteiger partial charge in [-0.1, -0.05) is 58.5 Å². The molecule has 4 nitrogen and oxygen atoms in total. The van der Waals surface area contributed by atoms with Crippen LogP contribution in [0.5, 0.6) is 0 Å². The average Bonchev–Trinajstić information content (AvgIpc) is 2.68. The fourth-order valence-corrected chi connectivity index (χ4v) is 4.65. The van der Waals surface area contributed by atoms with Crippen LogP contribution in [-0.4, -0.2) is 34.0 Å². The van der Waals surface area contributed by atoms with E-state index in [1.807, 2.05) is 26.8 Å². The van der Waals surface area contributed by atoms with Gasteiger partial charge < -0.3 is 10.2 Å². The Kier molecular flexibility index (Phi) is 10.0. The Balaban J connectivity index is 2.15. The van der Waals surface area contributed by atoms with E-state index in [0.717, 1.165) is 11.1 Å². The van der Waals surface area contributed by atoms with Crippen LogP contribution in [0, 0.1) is 0 Å². The number of amides is 2. The fraction of sp³-hybridized carbons (Fsp3) is 0.391. The number of nitrogens with one attached hydrogen (secondary N) is 1. The molecule has 9 heteroatoms. The Morgan fingerprint density at radius 1 is 1.00 bits per heavy atom. The number of thioether (sulfide) groups is 1. The van der Waals surface area contributed by atoms with E-state index in [1.54, 1.807) is 42.2 Å². The molecule has 0 aliphatic rings. The van der Waals surface area contributed by atoms with Crippen molar-refractivity contribution < 1.29 is 9.59 Å². The molecule has 0 aliphatic heterocycles. The molecule has 2 aromatic carbocycles. The number of rotatable bonds is 8. The van der Waals surface area contributed by atoms with Crippen LogP contribution in [0.3, 0.4) is 0 Å². The molecular formula is C23H26Cl4N2O2S. The average molecular weight is 536 g/mol. The van der Waals surface area contributed by atoms with Crippen LogP contribution in [0.2, 0.25) is 20.1 Å². The highest BCUT2D eigenvalue weighted by atomic mass is 35.5. The molecule has 2 aromatic rings. The summed E-state index contributed by atoms with van der Waals surface area (Å²) in [6.45, 7) is 7.64. The monoisotopic (exact) mass is 534 g/mol. The summed E-state index contributed by atoms with van der Waals surface area (Å²) in [5.41, 5.74) is 1.27. The smallest absolute Gasteiger partial charge is 0.242 e. The van der Waals surface area contributed by atoms with Crippen LogP contribution >= 0.6 is 58.2 Å². The molecule has 0 saturated carbocycles. The zero-order chi connectivity index (χ0) is 24.1. The third kappa shape index (κ3) is 8.35. The van der Waals surface area contributed by atoms with E-state index >= 15 is 0 Å². The van der Waals surface area contributed by atoms with E-state index in [2.05, 4.69) is 5.32 Å². The molecule has 0 spiro atoms. The normalized spacial score (nSPS) is 12.4. The van der Waals surface area contributed by atoms with Crippen molar-refractivity contribution in [3.63, 3.8) is 0 Å². The Morgan fingerprint density at radius 2 is 1.69 bits per heavy atom. The van der Waals surface area contributed by atoms with E-state index < -0.39 is 11.6 Å². The second-order valence-electron chi connectivity index (χ2n) is 8.41. The van der Waals surface area contributed by atoms with Crippen molar-refractivity contribution in [1.82, 2.24) is 10.2 Å². The first-order valence-electron chi connectivity index (χ1n) is 9.94. The SMILES string of the molecule is C[C@@H](C(=O)NC(C)(C)C)N(Cc1ccc(Cl)c(Cl)c1)C(=O)CSCc1ccc(Cl)cc1Cl. The molecule has 0 fully saturated rings. The minimum absolute atomic E-state index is 0.164. The number of nitrogens with zero attached hydrogens (tertiary/aromatic N) is 1. The van der Waals surface area contributed by atoms with Gasteiger partial charge in [0.25, 0.3) is 0 Å². The summed E-state index contributed by atoms with van der Waals surface area (Å²) in [5.74, 6) is 0.345. The first kappa shape index (κ1) is 27.1. The standard InChI is InChI=1S/C23H26Cl4N2O2S/c1-14(22(31)28-23(2,3)4)29(11-15-5-8-18(25)20(27)9-15)21(30)13-32-12-16-6-7-17(24)10-19(16)26/h5-10,14H,11-13H2,1-4H3,(H,28,31)/t14-/m0/s1. The number of carbonyl (C=O) groups excluding carboxylic acids is 2. The summed E-state index contributed by atoms with van der Waals surface area (Å²) in [5, 5.41) is 4.89. The summed E-state index contributed by atoms with van der Waals surface area (Å²) in [4.78, 5) is 27.5. The number of halogens is 4. The van der Waals surface area contributed by atoms with Gasteiger partial charge in [-0.3, -0.25) is 9.59 Å². The van der Waals surface area contributed by atoms with Gasteiger partial charge in [0.05, 0.1) is 15.8 Å². The molecule has 1 atom stereocenters. The van der Waals surface area contributed by atoms with Crippen LogP contribution < -0.4 is 5.32 Å². The predicted molar refractivity (Wildman–Crippen MR) is 137 cm³/mol. The van der Waals surface area contributed by atoms with Crippen LogP contribution in [-0.2, 0) is 21.9 Å². The maximum absolute atomic E-state index is 13.2.